The van der Waals surface area contributed by atoms with Crippen molar-refractivity contribution < 1.29 is 9.15 Å². The Morgan fingerprint density at radius 3 is 2.64 bits per heavy atom. The summed E-state index contributed by atoms with van der Waals surface area (Å²) in [5.74, 6) is 1.97. The Morgan fingerprint density at radius 2 is 1.89 bits per heavy atom. The van der Waals surface area contributed by atoms with E-state index in [0.717, 1.165) is 22.6 Å². The zero-order chi connectivity index (χ0) is 19.3. The number of hydrogen-bond acceptors (Lipinski definition) is 7. The monoisotopic (exact) mass is 413 g/mol. The predicted molar refractivity (Wildman–Crippen MR) is 106 cm³/mol. The van der Waals surface area contributed by atoms with Crippen molar-refractivity contribution in [3.05, 3.63) is 71.1 Å². The van der Waals surface area contributed by atoms with Gasteiger partial charge in [0.05, 0.1) is 19.3 Å². The lowest BCUT2D eigenvalue weighted by Crippen LogP contribution is -2.04. The highest BCUT2D eigenvalue weighted by atomic mass is 35.5. The van der Waals surface area contributed by atoms with Crippen LogP contribution >= 0.6 is 23.4 Å². The van der Waals surface area contributed by atoms with Crippen molar-refractivity contribution in [3.8, 4) is 17.2 Å². The number of rotatable bonds is 7. The molecule has 0 saturated carbocycles. The van der Waals surface area contributed by atoms with Crippen LogP contribution in [0.15, 0.2) is 64.4 Å². The van der Waals surface area contributed by atoms with Gasteiger partial charge in [-0.1, -0.05) is 35.5 Å². The number of oxazole rings is 1. The molecule has 2 heterocycles. The van der Waals surface area contributed by atoms with Crippen LogP contribution in [0.25, 0.3) is 11.5 Å². The summed E-state index contributed by atoms with van der Waals surface area (Å²) in [4.78, 5) is 4.52. The van der Waals surface area contributed by atoms with Crippen molar-refractivity contribution in [1.29, 1.82) is 0 Å². The lowest BCUT2D eigenvalue weighted by molar-refractivity contribution is 0.414. The van der Waals surface area contributed by atoms with Crippen molar-refractivity contribution in [2.45, 2.75) is 17.5 Å². The maximum atomic E-state index is 5.92. The topological polar surface area (TPSA) is 78.9 Å². The average molecular weight is 414 g/mol. The summed E-state index contributed by atoms with van der Waals surface area (Å²) >= 11 is 7.42. The molecule has 4 aromatic rings. The van der Waals surface area contributed by atoms with Gasteiger partial charge in [0.2, 0.25) is 11.0 Å². The maximum absolute atomic E-state index is 5.92. The number of hydrogen-bond donors (Lipinski definition) is 0. The SMILES string of the molecule is COc1ccc(Cn2nnnc2SCc2coc(-c3ccc(Cl)cc3)n2)cc1. The zero-order valence-electron chi connectivity index (χ0n) is 14.9. The standard InChI is InChI=1S/C19H16ClN5O2S/c1-26-17-8-2-13(3-9-17)10-25-19(22-23-24-25)28-12-16-11-27-18(21-16)14-4-6-15(20)7-5-14/h2-9,11H,10,12H2,1H3. The van der Waals surface area contributed by atoms with Gasteiger partial charge < -0.3 is 9.15 Å². The summed E-state index contributed by atoms with van der Waals surface area (Å²) < 4.78 is 12.5. The van der Waals surface area contributed by atoms with Gasteiger partial charge in [0.15, 0.2) is 0 Å². The smallest absolute Gasteiger partial charge is 0.226 e. The number of thioether (sulfide) groups is 1. The van der Waals surface area contributed by atoms with Gasteiger partial charge in [0, 0.05) is 16.3 Å². The van der Waals surface area contributed by atoms with Crippen LogP contribution in [0.2, 0.25) is 5.02 Å². The number of aromatic nitrogens is 5. The Kier molecular flexibility index (Phi) is 5.59. The van der Waals surface area contributed by atoms with Crippen LogP contribution in [0.5, 0.6) is 5.75 Å². The van der Waals surface area contributed by atoms with Gasteiger partial charge >= 0.3 is 0 Å². The number of nitrogens with zero attached hydrogens (tertiary/aromatic N) is 5. The Balaban J connectivity index is 1.40. The highest BCUT2D eigenvalue weighted by Crippen LogP contribution is 2.25. The van der Waals surface area contributed by atoms with E-state index in [1.54, 1.807) is 18.1 Å². The summed E-state index contributed by atoms with van der Waals surface area (Å²) in [5.41, 5.74) is 2.78. The van der Waals surface area contributed by atoms with Crippen LogP contribution in [0.3, 0.4) is 0 Å². The third kappa shape index (κ3) is 4.35. The van der Waals surface area contributed by atoms with Crippen LogP contribution < -0.4 is 4.74 Å². The van der Waals surface area contributed by atoms with Crippen LogP contribution in [-0.4, -0.2) is 32.3 Å². The van der Waals surface area contributed by atoms with Crippen molar-refractivity contribution in [2.75, 3.05) is 7.11 Å². The predicted octanol–water partition coefficient (Wildman–Crippen LogP) is 4.33. The molecule has 0 amide bonds. The van der Waals surface area contributed by atoms with E-state index < -0.39 is 0 Å². The van der Waals surface area contributed by atoms with Gasteiger partial charge in [-0.15, -0.1) is 5.10 Å². The van der Waals surface area contributed by atoms with Crippen LogP contribution in [-0.2, 0) is 12.3 Å². The van der Waals surface area contributed by atoms with Gasteiger partial charge in [-0.05, 0) is 52.4 Å². The minimum Gasteiger partial charge on any atom is -0.497 e. The van der Waals surface area contributed by atoms with E-state index in [1.807, 2.05) is 48.5 Å². The molecule has 0 bridgehead atoms. The first kappa shape index (κ1) is 18.5. The summed E-state index contributed by atoms with van der Waals surface area (Å²) in [6.07, 6.45) is 1.65. The van der Waals surface area contributed by atoms with Crippen molar-refractivity contribution in [3.63, 3.8) is 0 Å². The number of methoxy groups -OCH3 is 1. The van der Waals surface area contributed by atoms with E-state index >= 15 is 0 Å². The molecule has 0 radical (unpaired) electrons. The number of tetrazole rings is 1. The average Bonchev–Trinajstić information content (AvgIpc) is 3.37. The second-order valence-corrected chi connectivity index (χ2v) is 7.29. The molecule has 28 heavy (non-hydrogen) atoms. The minimum absolute atomic E-state index is 0.560. The Morgan fingerprint density at radius 1 is 1.11 bits per heavy atom. The molecular weight excluding hydrogens is 398 g/mol. The third-order valence-corrected chi connectivity index (χ3v) is 5.23. The first-order chi connectivity index (χ1) is 13.7. The molecule has 0 N–H and O–H groups in total. The fourth-order valence-electron chi connectivity index (χ4n) is 2.54. The summed E-state index contributed by atoms with van der Waals surface area (Å²) in [5, 5.41) is 13.4. The van der Waals surface area contributed by atoms with Gasteiger partial charge in [-0.3, -0.25) is 0 Å². The molecule has 0 aliphatic heterocycles. The molecule has 9 heteroatoms. The second-order valence-electron chi connectivity index (χ2n) is 5.91. The molecule has 0 spiro atoms. The zero-order valence-corrected chi connectivity index (χ0v) is 16.5. The van der Waals surface area contributed by atoms with Crippen LogP contribution in [0.1, 0.15) is 11.3 Å². The second kappa shape index (κ2) is 8.45. The normalized spacial score (nSPS) is 10.9. The highest BCUT2D eigenvalue weighted by molar-refractivity contribution is 7.98. The molecule has 2 aromatic heterocycles. The molecule has 2 aromatic carbocycles. The minimum atomic E-state index is 0.560. The lowest BCUT2D eigenvalue weighted by Gasteiger charge is -2.05. The van der Waals surface area contributed by atoms with E-state index in [9.17, 15) is 0 Å². The Bertz CT molecular complexity index is 1050. The van der Waals surface area contributed by atoms with Gasteiger partial charge in [0.1, 0.15) is 12.0 Å². The van der Waals surface area contributed by atoms with Gasteiger partial charge in [-0.2, -0.15) is 0 Å². The molecule has 142 valence electrons. The van der Waals surface area contributed by atoms with Gasteiger partial charge in [-0.25, -0.2) is 9.67 Å². The molecule has 0 fully saturated rings. The summed E-state index contributed by atoms with van der Waals surface area (Å²) in [6, 6.07) is 15.2. The Labute approximate surface area is 170 Å². The number of ether oxygens (including phenoxy) is 1. The first-order valence-corrected chi connectivity index (χ1v) is 9.80. The molecule has 0 unspecified atom stereocenters. The molecular formula is C19H16ClN5O2S. The van der Waals surface area contributed by atoms with E-state index in [2.05, 4.69) is 20.5 Å². The molecule has 4 rings (SSSR count). The molecule has 7 nitrogen and oxygen atoms in total. The fourth-order valence-corrected chi connectivity index (χ4v) is 3.42. The fraction of sp³-hybridized carbons (Fsp3) is 0.158. The highest BCUT2D eigenvalue weighted by Gasteiger charge is 2.11. The van der Waals surface area contributed by atoms with Crippen LogP contribution in [0.4, 0.5) is 0 Å². The quantitative estimate of drug-likeness (QED) is 0.417. The third-order valence-electron chi connectivity index (χ3n) is 3.98. The summed E-state index contributed by atoms with van der Waals surface area (Å²) in [6.45, 7) is 0.578. The number of benzene rings is 2. The van der Waals surface area contributed by atoms with E-state index in [0.29, 0.717) is 28.4 Å². The van der Waals surface area contributed by atoms with Crippen molar-refractivity contribution >= 4 is 23.4 Å². The maximum Gasteiger partial charge on any atom is 0.226 e. The van der Waals surface area contributed by atoms with Crippen molar-refractivity contribution in [2.24, 2.45) is 0 Å². The largest absolute Gasteiger partial charge is 0.497 e. The number of halogens is 1. The summed E-state index contributed by atoms with van der Waals surface area (Å²) in [7, 11) is 1.65. The molecule has 0 aliphatic carbocycles. The molecule has 0 atom stereocenters. The van der Waals surface area contributed by atoms with Crippen molar-refractivity contribution in [1.82, 2.24) is 25.2 Å². The van der Waals surface area contributed by atoms with Crippen LogP contribution in [0, 0.1) is 0 Å². The van der Waals surface area contributed by atoms with E-state index in [4.69, 9.17) is 20.8 Å². The Hall–Kier alpha value is -2.84. The molecule has 0 saturated heterocycles. The lowest BCUT2D eigenvalue weighted by atomic mass is 10.2. The molecule has 0 aliphatic rings. The first-order valence-electron chi connectivity index (χ1n) is 8.43. The van der Waals surface area contributed by atoms with E-state index in [1.165, 1.54) is 11.8 Å². The van der Waals surface area contributed by atoms with Gasteiger partial charge in [0.25, 0.3) is 0 Å². The van der Waals surface area contributed by atoms with E-state index in [-0.39, 0.29) is 0 Å².